The van der Waals surface area contributed by atoms with Crippen LogP contribution in [0.3, 0.4) is 0 Å². The van der Waals surface area contributed by atoms with Crippen LogP contribution in [0.15, 0.2) is 52.3 Å². The second kappa shape index (κ2) is 9.80. The lowest BCUT2D eigenvalue weighted by molar-refractivity contribution is -0.387. The zero-order valence-electron chi connectivity index (χ0n) is 15.6. The Kier molecular flexibility index (Phi) is 6.92. The molecule has 1 heterocycles. The van der Waals surface area contributed by atoms with E-state index in [9.17, 15) is 20.2 Å². The van der Waals surface area contributed by atoms with Gasteiger partial charge in [-0.3, -0.25) is 14.9 Å². The van der Waals surface area contributed by atoms with Crippen molar-refractivity contribution in [3.05, 3.63) is 57.9 Å². The summed E-state index contributed by atoms with van der Waals surface area (Å²) in [6, 6.07) is 8.17. The maximum atomic E-state index is 12.4. The number of carbonyl (C=O) groups is 1. The van der Waals surface area contributed by atoms with Crippen LogP contribution in [0.5, 0.6) is 0 Å². The van der Waals surface area contributed by atoms with Crippen LogP contribution in [-0.2, 0) is 4.79 Å². The van der Waals surface area contributed by atoms with Gasteiger partial charge in [-0.2, -0.15) is 5.26 Å². The number of nitrogens with zero attached hydrogens (tertiary/aromatic N) is 4. The number of nitro groups is 1. The molecule has 1 fully saturated rings. The monoisotopic (exact) mass is 409 g/mol. The van der Waals surface area contributed by atoms with Crippen molar-refractivity contribution < 1.29 is 9.72 Å². The quantitative estimate of drug-likeness (QED) is 0.252. The first-order valence-corrected chi connectivity index (χ1v) is 10.0. The Labute approximate surface area is 172 Å². The summed E-state index contributed by atoms with van der Waals surface area (Å²) in [6.07, 6.45) is 9.59. The summed E-state index contributed by atoms with van der Waals surface area (Å²) < 4.78 is 0. The Morgan fingerprint density at radius 1 is 1.28 bits per heavy atom. The number of rotatable bonds is 6. The molecule has 3 rings (SSSR count). The molecule has 8 nitrogen and oxygen atoms in total. The third-order valence-corrected chi connectivity index (χ3v) is 5.50. The second-order valence-electron chi connectivity index (χ2n) is 6.60. The Balaban J connectivity index is 1.81. The van der Waals surface area contributed by atoms with Crippen LogP contribution in [-0.4, -0.2) is 26.8 Å². The molecule has 29 heavy (non-hydrogen) atoms. The minimum Gasteiger partial charge on any atom is -0.349 e. The van der Waals surface area contributed by atoms with Gasteiger partial charge in [-0.05, 0) is 48.4 Å². The lowest BCUT2D eigenvalue weighted by Gasteiger charge is -2.22. The highest BCUT2D eigenvalue weighted by Crippen LogP contribution is 2.34. The number of benzene rings is 1. The average Bonchev–Trinajstić information content (AvgIpc) is 2.74. The fourth-order valence-corrected chi connectivity index (χ4v) is 3.91. The van der Waals surface area contributed by atoms with Crippen LogP contribution in [0, 0.1) is 21.4 Å². The molecule has 0 atom stereocenters. The van der Waals surface area contributed by atoms with Gasteiger partial charge in [-0.1, -0.05) is 25.3 Å². The molecule has 0 unspecified atom stereocenters. The van der Waals surface area contributed by atoms with E-state index >= 15 is 0 Å². The minimum atomic E-state index is -0.503. The zero-order chi connectivity index (χ0) is 20.6. The van der Waals surface area contributed by atoms with E-state index in [0.717, 1.165) is 43.9 Å². The van der Waals surface area contributed by atoms with Crippen molar-refractivity contribution in [1.29, 1.82) is 5.26 Å². The summed E-state index contributed by atoms with van der Waals surface area (Å²) in [7, 11) is 0. The van der Waals surface area contributed by atoms with Crippen molar-refractivity contribution in [1.82, 2.24) is 15.3 Å². The van der Waals surface area contributed by atoms with E-state index in [0.29, 0.717) is 15.6 Å². The van der Waals surface area contributed by atoms with Gasteiger partial charge in [0.25, 0.3) is 11.6 Å². The lowest BCUT2D eigenvalue weighted by Crippen LogP contribution is -2.36. The van der Waals surface area contributed by atoms with Gasteiger partial charge in [0.2, 0.25) is 0 Å². The fourth-order valence-electron chi connectivity index (χ4n) is 3.11. The molecule has 1 aromatic carbocycles. The maximum absolute atomic E-state index is 12.4. The summed E-state index contributed by atoms with van der Waals surface area (Å²) in [6.45, 7) is 0. The van der Waals surface area contributed by atoms with Crippen molar-refractivity contribution >= 4 is 29.4 Å². The number of hydrogen-bond acceptors (Lipinski definition) is 7. The van der Waals surface area contributed by atoms with Gasteiger partial charge in [0.05, 0.1) is 9.82 Å². The van der Waals surface area contributed by atoms with Gasteiger partial charge in [0.1, 0.15) is 11.6 Å². The van der Waals surface area contributed by atoms with Crippen molar-refractivity contribution in [3.8, 4) is 6.07 Å². The molecule has 0 spiro atoms. The van der Waals surface area contributed by atoms with E-state index in [1.165, 1.54) is 12.1 Å². The van der Waals surface area contributed by atoms with Gasteiger partial charge in [-0.15, -0.1) is 0 Å². The molecule has 1 aliphatic rings. The molecule has 1 saturated carbocycles. The highest BCUT2D eigenvalue weighted by molar-refractivity contribution is 7.99. The molecule has 0 saturated heterocycles. The molecule has 0 radical (unpaired) electrons. The number of carbonyl (C=O) groups excluding carboxylic acids is 1. The second-order valence-corrected chi connectivity index (χ2v) is 7.61. The number of amides is 1. The summed E-state index contributed by atoms with van der Waals surface area (Å²) in [5.74, 6) is -0.446. The first-order valence-electron chi connectivity index (χ1n) is 9.23. The molecule has 0 aliphatic heterocycles. The van der Waals surface area contributed by atoms with E-state index in [-0.39, 0.29) is 17.3 Å². The van der Waals surface area contributed by atoms with Crippen molar-refractivity contribution in [2.45, 2.75) is 48.2 Å². The van der Waals surface area contributed by atoms with E-state index < -0.39 is 10.8 Å². The lowest BCUT2D eigenvalue weighted by atomic mass is 9.95. The fraction of sp³-hybridized carbons (Fsp3) is 0.300. The van der Waals surface area contributed by atoms with E-state index in [1.807, 2.05) is 6.07 Å². The van der Waals surface area contributed by atoms with E-state index in [2.05, 4.69) is 15.3 Å². The largest absolute Gasteiger partial charge is 0.349 e. The van der Waals surface area contributed by atoms with Crippen LogP contribution in [0.4, 0.5) is 5.69 Å². The van der Waals surface area contributed by atoms with Gasteiger partial charge >= 0.3 is 0 Å². The Hall–Kier alpha value is -3.25. The summed E-state index contributed by atoms with van der Waals surface area (Å²) in [4.78, 5) is 31.9. The molecule has 1 aliphatic carbocycles. The topological polar surface area (TPSA) is 122 Å². The zero-order valence-corrected chi connectivity index (χ0v) is 16.4. The van der Waals surface area contributed by atoms with E-state index in [4.69, 9.17) is 0 Å². The molecule has 0 bridgehead atoms. The molecule has 9 heteroatoms. The number of nitrogens with one attached hydrogen (secondary N) is 1. The molecule has 1 aromatic heterocycles. The SMILES string of the molecule is N#CC(=Cc1ccc(Sc2ncccn2)c([N+](=O)[O-])c1)C(=O)NC1CCCCC1. The van der Waals surface area contributed by atoms with Crippen molar-refractivity contribution in [2.75, 3.05) is 0 Å². The summed E-state index contributed by atoms with van der Waals surface area (Å²) in [5, 5.41) is 24.2. The van der Waals surface area contributed by atoms with Gasteiger partial charge in [0, 0.05) is 24.5 Å². The van der Waals surface area contributed by atoms with Gasteiger partial charge < -0.3 is 5.32 Å². The smallest absolute Gasteiger partial charge is 0.283 e. The number of aromatic nitrogens is 2. The Morgan fingerprint density at radius 2 is 2.00 bits per heavy atom. The normalized spacial score (nSPS) is 14.8. The summed E-state index contributed by atoms with van der Waals surface area (Å²) >= 11 is 1.08. The third kappa shape index (κ3) is 5.62. The first-order chi connectivity index (χ1) is 14.1. The number of nitro benzene ring substituents is 1. The van der Waals surface area contributed by atoms with Crippen molar-refractivity contribution in [2.24, 2.45) is 0 Å². The van der Waals surface area contributed by atoms with Crippen LogP contribution in [0.25, 0.3) is 6.08 Å². The van der Waals surface area contributed by atoms with E-state index in [1.54, 1.807) is 30.6 Å². The molecular weight excluding hydrogens is 390 g/mol. The predicted molar refractivity (Wildman–Crippen MR) is 108 cm³/mol. The number of hydrogen-bond donors (Lipinski definition) is 1. The molecular formula is C20H19N5O3S. The van der Waals surface area contributed by atoms with Gasteiger partial charge in [-0.25, -0.2) is 9.97 Å². The minimum absolute atomic E-state index is 0.0725. The van der Waals surface area contributed by atoms with Gasteiger partial charge in [0.15, 0.2) is 5.16 Å². The molecule has 1 N–H and O–H groups in total. The Morgan fingerprint density at radius 3 is 2.66 bits per heavy atom. The highest BCUT2D eigenvalue weighted by Gasteiger charge is 2.20. The summed E-state index contributed by atoms with van der Waals surface area (Å²) in [5.41, 5.74) is 0.197. The highest BCUT2D eigenvalue weighted by atomic mass is 32.2. The molecule has 1 amide bonds. The number of nitriles is 1. The first kappa shape index (κ1) is 20.5. The average molecular weight is 409 g/mol. The Bertz CT molecular complexity index is 966. The standard InChI is InChI=1S/C20H19N5O3S/c21-13-15(19(26)24-16-5-2-1-3-6-16)11-14-7-8-18(17(12-14)25(27)28)29-20-22-9-4-10-23-20/h4,7-12,16H,1-3,5-6H2,(H,24,26). The molecule has 2 aromatic rings. The van der Waals surface area contributed by atoms with Crippen LogP contribution < -0.4 is 5.32 Å². The van der Waals surface area contributed by atoms with Crippen LogP contribution in [0.2, 0.25) is 0 Å². The van der Waals surface area contributed by atoms with Crippen LogP contribution in [0.1, 0.15) is 37.7 Å². The third-order valence-electron chi connectivity index (χ3n) is 4.54. The van der Waals surface area contributed by atoms with Crippen LogP contribution >= 0.6 is 11.8 Å². The van der Waals surface area contributed by atoms with Crippen molar-refractivity contribution in [3.63, 3.8) is 0 Å². The predicted octanol–water partition coefficient (Wildman–Crippen LogP) is 3.89. The molecule has 148 valence electrons. The maximum Gasteiger partial charge on any atom is 0.283 e.